The van der Waals surface area contributed by atoms with E-state index in [1.165, 1.54) is 60.9 Å². The maximum absolute atomic E-state index is 2.58. The SMILES string of the molecule is CC1=CC(C)C(N(c2ccc(C)cc2)c2c3ccccc3c(N(c3ccc(C)cc3)c3ccc(C)cc3)c3ccccc23)C=C1. The summed E-state index contributed by atoms with van der Waals surface area (Å²) in [6.07, 6.45) is 7.07. The fourth-order valence-corrected chi connectivity index (χ4v) is 6.85. The molecule has 2 unspecified atom stereocenters. The Kier molecular flexibility index (Phi) is 7.51. The molecule has 0 radical (unpaired) electrons. The van der Waals surface area contributed by atoms with Crippen molar-refractivity contribution < 1.29 is 0 Å². The fraction of sp³-hybridized carbons (Fsp3) is 0.163. The van der Waals surface area contributed by atoms with Crippen LogP contribution in [-0.2, 0) is 0 Å². The highest BCUT2D eigenvalue weighted by molar-refractivity contribution is 6.22. The second-order valence-electron chi connectivity index (χ2n) is 12.6. The first-order chi connectivity index (χ1) is 21.9. The van der Waals surface area contributed by atoms with E-state index in [2.05, 4.69) is 184 Å². The van der Waals surface area contributed by atoms with Gasteiger partial charge in [0.2, 0.25) is 0 Å². The Labute approximate surface area is 267 Å². The van der Waals surface area contributed by atoms with Gasteiger partial charge in [-0.15, -0.1) is 0 Å². The molecule has 45 heavy (non-hydrogen) atoms. The van der Waals surface area contributed by atoms with Gasteiger partial charge in [-0.1, -0.05) is 132 Å². The average Bonchev–Trinajstić information content (AvgIpc) is 3.05. The molecule has 0 saturated heterocycles. The van der Waals surface area contributed by atoms with Crippen LogP contribution in [0.1, 0.15) is 30.5 Å². The van der Waals surface area contributed by atoms with Crippen molar-refractivity contribution in [2.75, 3.05) is 9.80 Å². The van der Waals surface area contributed by atoms with Gasteiger partial charge in [0.05, 0.1) is 17.4 Å². The molecule has 2 atom stereocenters. The van der Waals surface area contributed by atoms with Gasteiger partial charge in [0.25, 0.3) is 0 Å². The van der Waals surface area contributed by atoms with Crippen LogP contribution in [-0.4, -0.2) is 6.04 Å². The Morgan fingerprint density at radius 3 is 1.29 bits per heavy atom. The molecule has 2 nitrogen and oxygen atoms in total. The quantitative estimate of drug-likeness (QED) is 0.142. The molecule has 0 aromatic heterocycles. The second-order valence-corrected chi connectivity index (χ2v) is 12.6. The molecule has 0 bridgehead atoms. The molecule has 0 aliphatic heterocycles. The highest BCUT2D eigenvalue weighted by Gasteiger charge is 2.30. The smallest absolute Gasteiger partial charge is 0.0619 e. The highest BCUT2D eigenvalue weighted by atomic mass is 15.2. The summed E-state index contributed by atoms with van der Waals surface area (Å²) in [7, 11) is 0. The molecule has 1 aliphatic carbocycles. The summed E-state index contributed by atoms with van der Waals surface area (Å²) < 4.78 is 0. The fourth-order valence-electron chi connectivity index (χ4n) is 6.85. The number of rotatable bonds is 6. The van der Waals surface area contributed by atoms with E-state index in [0.29, 0.717) is 5.92 Å². The summed E-state index contributed by atoms with van der Waals surface area (Å²) >= 11 is 0. The van der Waals surface area contributed by atoms with Gasteiger partial charge in [-0.05, 0) is 70.0 Å². The van der Waals surface area contributed by atoms with Crippen LogP contribution in [0.3, 0.4) is 0 Å². The molecular weight excluding hydrogens is 544 g/mol. The molecule has 6 aromatic rings. The minimum Gasteiger partial charge on any atom is -0.333 e. The number of hydrogen-bond donors (Lipinski definition) is 0. The van der Waals surface area contributed by atoms with Gasteiger partial charge in [-0.2, -0.15) is 0 Å². The first kappa shape index (κ1) is 28.7. The van der Waals surface area contributed by atoms with Crippen molar-refractivity contribution in [2.24, 2.45) is 5.92 Å². The third-order valence-electron chi connectivity index (χ3n) is 9.15. The summed E-state index contributed by atoms with van der Waals surface area (Å²) in [6.45, 7) is 11.0. The van der Waals surface area contributed by atoms with Crippen molar-refractivity contribution in [3.05, 3.63) is 162 Å². The third-order valence-corrected chi connectivity index (χ3v) is 9.15. The van der Waals surface area contributed by atoms with Crippen LogP contribution < -0.4 is 9.80 Å². The van der Waals surface area contributed by atoms with Gasteiger partial charge >= 0.3 is 0 Å². The Hall–Kier alpha value is -5.08. The number of anilines is 5. The topological polar surface area (TPSA) is 6.48 Å². The zero-order valence-electron chi connectivity index (χ0n) is 26.8. The molecule has 0 spiro atoms. The van der Waals surface area contributed by atoms with E-state index >= 15 is 0 Å². The van der Waals surface area contributed by atoms with Gasteiger partial charge in [0, 0.05) is 38.6 Å². The number of aryl methyl sites for hydroxylation is 3. The summed E-state index contributed by atoms with van der Waals surface area (Å²) in [5, 5.41) is 4.93. The second kappa shape index (κ2) is 11.8. The summed E-state index contributed by atoms with van der Waals surface area (Å²) in [5.41, 5.74) is 11.0. The minimum atomic E-state index is 0.166. The molecule has 0 N–H and O–H groups in total. The normalized spacial score (nSPS) is 16.2. The van der Waals surface area contributed by atoms with Gasteiger partial charge in [-0.3, -0.25) is 0 Å². The standard InChI is InChI=1S/C43H40N2/c1-29-14-21-34(22-15-29)44(35-23-16-30(2)17-24-35)42-37-10-6-8-12-39(37)43(40-13-9-7-11-38(40)42)45(36-25-18-31(3)19-26-36)41-27-20-32(4)28-33(41)5/h6-28,33,41H,1-5H3. The van der Waals surface area contributed by atoms with E-state index in [-0.39, 0.29) is 6.04 Å². The zero-order valence-corrected chi connectivity index (χ0v) is 26.8. The Morgan fingerprint density at radius 2 is 0.867 bits per heavy atom. The van der Waals surface area contributed by atoms with Crippen LogP contribution in [0.25, 0.3) is 21.5 Å². The van der Waals surface area contributed by atoms with Crippen LogP contribution in [0, 0.1) is 26.7 Å². The van der Waals surface area contributed by atoms with Crippen LogP contribution >= 0.6 is 0 Å². The van der Waals surface area contributed by atoms with E-state index in [4.69, 9.17) is 0 Å². The first-order valence-corrected chi connectivity index (χ1v) is 16.0. The van der Waals surface area contributed by atoms with Crippen LogP contribution in [0.4, 0.5) is 28.4 Å². The Balaban J connectivity index is 1.58. The lowest BCUT2D eigenvalue weighted by Crippen LogP contribution is -2.36. The molecule has 222 valence electrons. The molecule has 2 heteroatoms. The monoisotopic (exact) mass is 584 g/mol. The van der Waals surface area contributed by atoms with E-state index in [9.17, 15) is 0 Å². The van der Waals surface area contributed by atoms with E-state index in [1.54, 1.807) is 0 Å². The number of benzene rings is 6. The van der Waals surface area contributed by atoms with E-state index in [1.807, 2.05) is 0 Å². The average molecular weight is 585 g/mol. The van der Waals surface area contributed by atoms with Crippen LogP contribution in [0.5, 0.6) is 0 Å². The van der Waals surface area contributed by atoms with Crippen LogP contribution in [0.2, 0.25) is 0 Å². The van der Waals surface area contributed by atoms with Crippen molar-refractivity contribution >= 4 is 50.0 Å². The summed E-state index contributed by atoms with van der Waals surface area (Å²) in [5.74, 6) is 0.338. The minimum absolute atomic E-state index is 0.166. The molecule has 0 fully saturated rings. The lowest BCUT2D eigenvalue weighted by Gasteiger charge is -2.39. The zero-order chi connectivity index (χ0) is 31.1. The third kappa shape index (κ3) is 5.31. The Bertz CT molecular complexity index is 1950. The number of fused-ring (bicyclic) bond motifs is 2. The first-order valence-electron chi connectivity index (χ1n) is 16.0. The molecule has 6 aromatic carbocycles. The molecule has 7 rings (SSSR count). The molecule has 0 saturated carbocycles. The van der Waals surface area contributed by atoms with Gasteiger partial charge in [0.1, 0.15) is 0 Å². The van der Waals surface area contributed by atoms with Crippen molar-refractivity contribution in [1.29, 1.82) is 0 Å². The summed E-state index contributed by atoms with van der Waals surface area (Å²) in [4.78, 5) is 5.03. The predicted octanol–water partition coefficient (Wildman–Crippen LogP) is 12.0. The van der Waals surface area contributed by atoms with Crippen molar-refractivity contribution in [2.45, 2.75) is 40.7 Å². The molecule has 1 aliphatic rings. The maximum Gasteiger partial charge on any atom is 0.0619 e. The van der Waals surface area contributed by atoms with Gasteiger partial charge < -0.3 is 9.80 Å². The highest BCUT2D eigenvalue weighted by Crippen LogP contribution is 2.50. The van der Waals surface area contributed by atoms with E-state index in [0.717, 1.165) is 11.4 Å². The van der Waals surface area contributed by atoms with Crippen molar-refractivity contribution in [3.63, 3.8) is 0 Å². The van der Waals surface area contributed by atoms with Gasteiger partial charge in [-0.25, -0.2) is 0 Å². The molecule has 0 heterocycles. The largest absolute Gasteiger partial charge is 0.333 e. The lowest BCUT2D eigenvalue weighted by atomic mass is 9.89. The Morgan fingerprint density at radius 1 is 0.467 bits per heavy atom. The molecule has 0 amide bonds. The number of allylic oxidation sites excluding steroid dienone is 2. The summed E-state index contributed by atoms with van der Waals surface area (Å²) in [6, 6.07) is 44.9. The van der Waals surface area contributed by atoms with Crippen LogP contribution in [0.15, 0.2) is 145 Å². The van der Waals surface area contributed by atoms with E-state index < -0.39 is 0 Å². The lowest BCUT2D eigenvalue weighted by molar-refractivity contribution is 0.607. The number of hydrogen-bond acceptors (Lipinski definition) is 2. The number of nitrogens with zero attached hydrogens (tertiary/aromatic N) is 2. The van der Waals surface area contributed by atoms with Crippen molar-refractivity contribution in [1.82, 2.24) is 0 Å². The molecular formula is C43H40N2. The van der Waals surface area contributed by atoms with Crippen molar-refractivity contribution in [3.8, 4) is 0 Å². The predicted molar refractivity (Wildman–Crippen MR) is 195 cm³/mol. The van der Waals surface area contributed by atoms with Gasteiger partial charge in [0.15, 0.2) is 0 Å². The maximum atomic E-state index is 2.58.